The molecule has 0 spiro atoms. The van der Waals surface area contributed by atoms with E-state index in [1.165, 1.54) is 16.7 Å². The van der Waals surface area contributed by atoms with E-state index in [0.717, 1.165) is 22.8 Å². The quantitative estimate of drug-likeness (QED) is 0.758. The maximum Gasteiger partial charge on any atom is 0.129 e. The number of aryl methyl sites for hydroxylation is 1. The maximum absolute atomic E-state index is 4.39. The Kier molecular flexibility index (Phi) is 4.24. The summed E-state index contributed by atoms with van der Waals surface area (Å²) in [6, 6.07) is 16.8. The second kappa shape index (κ2) is 6.48. The van der Waals surface area contributed by atoms with Crippen LogP contribution >= 0.6 is 0 Å². The van der Waals surface area contributed by atoms with E-state index in [4.69, 9.17) is 0 Å². The monoisotopic (exact) mass is 304 g/mol. The first-order valence-corrected chi connectivity index (χ1v) is 7.60. The highest BCUT2D eigenvalue weighted by Gasteiger charge is 2.07. The lowest BCUT2D eigenvalue weighted by Crippen LogP contribution is -1.94. The second-order valence-corrected chi connectivity index (χ2v) is 5.40. The molecule has 3 aromatic rings. The van der Waals surface area contributed by atoms with Gasteiger partial charge in [0.15, 0.2) is 0 Å². The molecule has 0 aliphatic rings. The molecule has 0 bridgehead atoms. The Morgan fingerprint density at radius 2 is 1.65 bits per heavy atom. The van der Waals surface area contributed by atoms with Gasteiger partial charge in [-0.3, -0.25) is 0 Å². The van der Waals surface area contributed by atoms with Gasteiger partial charge in [-0.2, -0.15) is 0 Å². The van der Waals surface area contributed by atoms with Crippen LogP contribution in [0.25, 0.3) is 22.4 Å². The van der Waals surface area contributed by atoms with E-state index in [9.17, 15) is 0 Å². The largest absolute Gasteiger partial charge is 0.388 e. The molecule has 3 rings (SSSR count). The van der Waals surface area contributed by atoms with E-state index < -0.39 is 0 Å². The Bertz CT molecular complexity index is 827. The normalized spacial score (nSPS) is 10.4. The molecule has 0 radical (unpaired) electrons. The van der Waals surface area contributed by atoms with Crippen molar-refractivity contribution in [2.24, 2.45) is 0 Å². The van der Waals surface area contributed by atoms with Crippen molar-refractivity contribution >= 4 is 11.5 Å². The number of hydrogen-bond donors (Lipinski definition) is 2. The van der Waals surface area contributed by atoms with Gasteiger partial charge >= 0.3 is 0 Å². The summed E-state index contributed by atoms with van der Waals surface area (Å²) in [5, 5.41) is 6.25. The summed E-state index contributed by atoms with van der Waals surface area (Å²) in [6.45, 7) is 2.13. The van der Waals surface area contributed by atoms with Crippen LogP contribution in [-0.2, 0) is 0 Å². The third-order valence-electron chi connectivity index (χ3n) is 3.92. The molecule has 0 amide bonds. The summed E-state index contributed by atoms with van der Waals surface area (Å²) in [7, 11) is 3.79. The molecule has 0 saturated heterocycles. The van der Waals surface area contributed by atoms with Crippen LogP contribution in [0.5, 0.6) is 0 Å². The Morgan fingerprint density at radius 1 is 0.826 bits per heavy atom. The fourth-order valence-corrected chi connectivity index (χ4v) is 2.59. The summed E-state index contributed by atoms with van der Waals surface area (Å²) >= 11 is 0. The summed E-state index contributed by atoms with van der Waals surface area (Å²) < 4.78 is 0. The second-order valence-electron chi connectivity index (χ2n) is 5.40. The zero-order chi connectivity index (χ0) is 16.2. The minimum Gasteiger partial charge on any atom is -0.388 e. The van der Waals surface area contributed by atoms with Crippen molar-refractivity contribution in [3.8, 4) is 22.4 Å². The SMILES string of the molecule is CNc1ccc(C)c(-c2cccc(-c3cc(NC)ncn3)c2)c1. The summed E-state index contributed by atoms with van der Waals surface area (Å²) in [6.07, 6.45) is 1.58. The predicted octanol–water partition coefficient (Wildman–Crippen LogP) is 4.20. The summed E-state index contributed by atoms with van der Waals surface area (Å²) in [5.41, 5.74) is 6.75. The van der Waals surface area contributed by atoms with Crippen molar-refractivity contribution in [3.05, 3.63) is 60.4 Å². The molecule has 0 aliphatic carbocycles. The minimum absolute atomic E-state index is 0.814. The zero-order valence-electron chi connectivity index (χ0n) is 13.6. The van der Waals surface area contributed by atoms with Crippen LogP contribution in [0.2, 0.25) is 0 Å². The fourth-order valence-electron chi connectivity index (χ4n) is 2.59. The van der Waals surface area contributed by atoms with E-state index in [2.05, 4.69) is 70.0 Å². The van der Waals surface area contributed by atoms with E-state index in [0.29, 0.717) is 0 Å². The number of rotatable bonds is 4. The number of benzene rings is 2. The van der Waals surface area contributed by atoms with Crippen molar-refractivity contribution in [2.45, 2.75) is 6.92 Å². The van der Waals surface area contributed by atoms with Crippen molar-refractivity contribution < 1.29 is 0 Å². The van der Waals surface area contributed by atoms with Gasteiger partial charge in [0.05, 0.1) is 5.69 Å². The zero-order valence-corrected chi connectivity index (χ0v) is 13.6. The fraction of sp³-hybridized carbons (Fsp3) is 0.158. The van der Waals surface area contributed by atoms with E-state index in [-0.39, 0.29) is 0 Å². The minimum atomic E-state index is 0.814. The lowest BCUT2D eigenvalue weighted by Gasteiger charge is -2.11. The lowest BCUT2D eigenvalue weighted by atomic mass is 9.97. The van der Waals surface area contributed by atoms with Crippen molar-refractivity contribution in [2.75, 3.05) is 24.7 Å². The summed E-state index contributed by atoms with van der Waals surface area (Å²) in [4.78, 5) is 8.56. The van der Waals surface area contributed by atoms with Gasteiger partial charge in [-0.05, 0) is 41.8 Å². The highest BCUT2D eigenvalue weighted by atomic mass is 15.0. The van der Waals surface area contributed by atoms with Gasteiger partial charge in [0.25, 0.3) is 0 Å². The molecule has 0 saturated carbocycles. The third-order valence-corrected chi connectivity index (χ3v) is 3.92. The van der Waals surface area contributed by atoms with Gasteiger partial charge in [0.2, 0.25) is 0 Å². The van der Waals surface area contributed by atoms with Crippen LogP contribution in [0, 0.1) is 6.92 Å². The smallest absolute Gasteiger partial charge is 0.129 e. The first kappa shape index (κ1) is 15.0. The molecule has 1 aromatic heterocycles. The topological polar surface area (TPSA) is 49.8 Å². The Balaban J connectivity index is 2.06. The van der Waals surface area contributed by atoms with Crippen molar-refractivity contribution in [1.82, 2.24) is 9.97 Å². The Morgan fingerprint density at radius 3 is 2.43 bits per heavy atom. The predicted molar refractivity (Wildman–Crippen MR) is 96.7 cm³/mol. The molecule has 4 nitrogen and oxygen atoms in total. The van der Waals surface area contributed by atoms with E-state index in [1.54, 1.807) is 6.33 Å². The van der Waals surface area contributed by atoms with Crippen LogP contribution in [0.15, 0.2) is 54.9 Å². The molecule has 23 heavy (non-hydrogen) atoms. The van der Waals surface area contributed by atoms with Gasteiger partial charge in [-0.25, -0.2) is 9.97 Å². The number of hydrogen-bond acceptors (Lipinski definition) is 4. The molecule has 0 aliphatic heterocycles. The van der Waals surface area contributed by atoms with Crippen LogP contribution in [0.1, 0.15) is 5.56 Å². The van der Waals surface area contributed by atoms with Gasteiger partial charge in [0, 0.05) is 31.4 Å². The molecular weight excluding hydrogens is 284 g/mol. The third kappa shape index (κ3) is 3.16. The highest BCUT2D eigenvalue weighted by molar-refractivity contribution is 5.76. The van der Waals surface area contributed by atoms with E-state index >= 15 is 0 Å². The number of aromatic nitrogens is 2. The standard InChI is InChI=1S/C19H20N4/c1-13-7-8-16(20-2)10-17(13)14-5-4-6-15(9-14)18-11-19(21-3)23-12-22-18/h4-12,20H,1-3H3,(H,21,22,23). The molecule has 0 fully saturated rings. The Labute approximate surface area is 136 Å². The van der Waals surface area contributed by atoms with Crippen LogP contribution in [0.3, 0.4) is 0 Å². The molecule has 2 N–H and O–H groups in total. The molecule has 4 heteroatoms. The lowest BCUT2D eigenvalue weighted by molar-refractivity contribution is 1.16. The first-order valence-electron chi connectivity index (χ1n) is 7.60. The molecular formula is C19H20N4. The summed E-state index contributed by atoms with van der Waals surface area (Å²) in [5.74, 6) is 0.814. The van der Waals surface area contributed by atoms with Crippen molar-refractivity contribution in [3.63, 3.8) is 0 Å². The number of nitrogens with one attached hydrogen (secondary N) is 2. The highest BCUT2D eigenvalue weighted by Crippen LogP contribution is 2.30. The van der Waals surface area contributed by atoms with Crippen LogP contribution < -0.4 is 10.6 Å². The number of anilines is 2. The van der Waals surface area contributed by atoms with Gasteiger partial charge < -0.3 is 10.6 Å². The molecule has 2 aromatic carbocycles. The van der Waals surface area contributed by atoms with Gasteiger partial charge in [-0.15, -0.1) is 0 Å². The van der Waals surface area contributed by atoms with Crippen molar-refractivity contribution in [1.29, 1.82) is 0 Å². The van der Waals surface area contributed by atoms with Crippen LogP contribution in [0.4, 0.5) is 11.5 Å². The van der Waals surface area contributed by atoms with Gasteiger partial charge in [0.1, 0.15) is 12.1 Å². The molecule has 1 heterocycles. The average Bonchev–Trinajstić information content (AvgIpc) is 2.62. The van der Waals surface area contributed by atoms with Crippen LogP contribution in [-0.4, -0.2) is 24.1 Å². The molecule has 0 unspecified atom stereocenters. The van der Waals surface area contributed by atoms with E-state index in [1.807, 2.05) is 20.2 Å². The van der Waals surface area contributed by atoms with Gasteiger partial charge in [-0.1, -0.05) is 24.3 Å². The maximum atomic E-state index is 4.39. The number of nitrogens with zero attached hydrogens (tertiary/aromatic N) is 2. The molecule has 116 valence electrons. The average molecular weight is 304 g/mol. The first-order chi connectivity index (χ1) is 11.2. The Hall–Kier alpha value is -2.88. The molecule has 0 atom stereocenters.